The monoisotopic (exact) mass is 341 g/mol. The molecule has 0 atom stereocenters. The summed E-state index contributed by atoms with van der Waals surface area (Å²) in [6, 6.07) is 5.89. The quantitative estimate of drug-likeness (QED) is 0.789. The molecule has 0 saturated carbocycles. The van der Waals surface area contributed by atoms with Gasteiger partial charge in [-0.1, -0.05) is 0 Å². The Kier molecular flexibility index (Phi) is 4.91. The van der Waals surface area contributed by atoms with E-state index in [2.05, 4.69) is 4.74 Å². The third-order valence-electron chi connectivity index (χ3n) is 2.94. The second kappa shape index (κ2) is 6.71. The molecule has 0 radical (unpaired) electrons. The number of ether oxygens (including phenoxy) is 2. The molecule has 2 rings (SSSR count). The van der Waals surface area contributed by atoms with Crippen molar-refractivity contribution in [2.24, 2.45) is 0 Å². The summed E-state index contributed by atoms with van der Waals surface area (Å²) >= 11 is 1.24. The lowest BCUT2D eigenvalue weighted by molar-refractivity contribution is -0.137. The minimum atomic E-state index is -4.53. The number of carbonyl (C=O) groups is 1. The van der Waals surface area contributed by atoms with Gasteiger partial charge in [-0.15, -0.1) is 11.3 Å². The van der Waals surface area contributed by atoms with Crippen molar-refractivity contribution in [3.05, 3.63) is 51.2 Å². The van der Waals surface area contributed by atoms with E-state index in [0.717, 1.165) is 18.2 Å². The minimum absolute atomic E-state index is 0.0183. The summed E-state index contributed by atoms with van der Waals surface area (Å²) in [4.78, 5) is 12.1. The van der Waals surface area contributed by atoms with Crippen molar-refractivity contribution >= 4 is 17.3 Å². The molecule has 120 valence electrons. The normalized spacial score (nSPS) is 10.9. The number of nitriles is 1. The number of methoxy groups -OCH3 is 1. The molecular formula is C15H10F3NO3S. The van der Waals surface area contributed by atoms with Gasteiger partial charge < -0.3 is 9.47 Å². The van der Waals surface area contributed by atoms with Crippen molar-refractivity contribution in [1.29, 1.82) is 5.26 Å². The molecule has 4 nitrogen and oxygen atoms in total. The number of hydrogen-bond acceptors (Lipinski definition) is 5. The number of rotatable bonds is 4. The molecule has 0 saturated heterocycles. The highest BCUT2D eigenvalue weighted by Gasteiger charge is 2.31. The average Bonchev–Trinajstić information content (AvgIpc) is 2.99. The molecule has 2 aromatic rings. The maximum Gasteiger partial charge on any atom is 0.416 e. The van der Waals surface area contributed by atoms with Gasteiger partial charge in [0, 0.05) is 0 Å². The Hall–Kier alpha value is -2.53. The predicted octanol–water partition coefficient (Wildman–Crippen LogP) is 4.00. The van der Waals surface area contributed by atoms with Crippen LogP contribution in [0.5, 0.6) is 5.75 Å². The van der Waals surface area contributed by atoms with Crippen LogP contribution in [-0.2, 0) is 17.5 Å². The first-order valence-electron chi connectivity index (χ1n) is 6.25. The number of carbonyl (C=O) groups excluding carboxylic acids is 1. The summed E-state index contributed by atoms with van der Waals surface area (Å²) in [5.74, 6) is -0.512. The number of halogens is 3. The lowest BCUT2D eigenvalue weighted by Gasteiger charge is -2.11. The van der Waals surface area contributed by atoms with Gasteiger partial charge in [0.15, 0.2) is 0 Å². The van der Waals surface area contributed by atoms with Crippen LogP contribution in [0.1, 0.15) is 26.4 Å². The third kappa shape index (κ3) is 3.81. The topological polar surface area (TPSA) is 59.3 Å². The van der Waals surface area contributed by atoms with Crippen molar-refractivity contribution in [1.82, 2.24) is 0 Å². The molecule has 23 heavy (non-hydrogen) atoms. The molecule has 0 aliphatic rings. The van der Waals surface area contributed by atoms with E-state index in [1.807, 2.05) is 0 Å². The highest BCUT2D eigenvalue weighted by atomic mass is 32.1. The Morgan fingerprint density at radius 3 is 2.70 bits per heavy atom. The number of benzene rings is 1. The first kappa shape index (κ1) is 16.8. The maximum atomic E-state index is 12.6. The standard InChI is InChI=1S/C15H10F3NO3S/c1-21-14(20)11-4-5-23-13(11)8-22-12-3-2-10(15(16,17)18)6-9(12)7-19/h2-6H,8H2,1H3. The Morgan fingerprint density at radius 2 is 2.09 bits per heavy atom. The number of thiophene rings is 1. The van der Waals surface area contributed by atoms with Gasteiger partial charge >= 0.3 is 12.1 Å². The Bertz CT molecular complexity index is 762. The third-order valence-corrected chi connectivity index (χ3v) is 3.83. The van der Waals surface area contributed by atoms with Crippen molar-refractivity contribution in [2.45, 2.75) is 12.8 Å². The average molecular weight is 341 g/mol. The van der Waals surface area contributed by atoms with Gasteiger partial charge in [-0.05, 0) is 29.6 Å². The molecule has 0 spiro atoms. The van der Waals surface area contributed by atoms with Crippen LogP contribution >= 0.6 is 11.3 Å². The first-order valence-corrected chi connectivity index (χ1v) is 7.13. The Labute approximate surface area is 133 Å². The molecule has 0 aliphatic heterocycles. The Balaban J connectivity index is 2.20. The largest absolute Gasteiger partial charge is 0.487 e. The molecule has 0 aliphatic carbocycles. The summed E-state index contributed by atoms with van der Waals surface area (Å²) < 4.78 is 47.9. The highest BCUT2D eigenvalue weighted by molar-refractivity contribution is 7.10. The summed E-state index contributed by atoms with van der Waals surface area (Å²) in [5.41, 5.74) is -0.827. The summed E-state index contributed by atoms with van der Waals surface area (Å²) in [6.45, 7) is -0.0534. The molecule has 1 heterocycles. The van der Waals surface area contributed by atoms with E-state index < -0.39 is 17.7 Å². The van der Waals surface area contributed by atoms with Crippen molar-refractivity contribution in [2.75, 3.05) is 7.11 Å². The van der Waals surface area contributed by atoms with Crippen LogP contribution < -0.4 is 4.74 Å². The van der Waals surface area contributed by atoms with Gasteiger partial charge in [0.2, 0.25) is 0 Å². The smallest absolute Gasteiger partial charge is 0.416 e. The van der Waals surface area contributed by atoms with Crippen LogP contribution in [0, 0.1) is 11.3 Å². The maximum absolute atomic E-state index is 12.6. The molecule has 0 unspecified atom stereocenters. The molecule has 0 N–H and O–H groups in total. The second-order valence-corrected chi connectivity index (χ2v) is 5.36. The van der Waals surface area contributed by atoms with E-state index >= 15 is 0 Å². The minimum Gasteiger partial charge on any atom is -0.487 e. The van der Waals surface area contributed by atoms with Crippen molar-refractivity contribution in [3.8, 4) is 11.8 Å². The first-order chi connectivity index (χ1) is 10.9. The van der Waals surface area contributed by atoms with Gasteiger partial charge in [0.25, 0.3) is 0 Å². The number of alkyl halides is 3. The van der Waals surface area contributed by atoms with E-state index in [9.17, 15) is 18.0 Å². The molecule has 8 heteroatoms. The molecule has 0 fully saturated rings. The summed E-state index contributed by atoms with van der Waals surface area (Å²) in [7, 11) is 1.24. The molecule has 1 aromatic heterocycles. The van der Waals surface area contributed by atoms with Crippen LogP contribution in [0.2, 0.25) is 0 Å². The van der Waals surface area contributed by atoms with Crippen LogP contribution in [0.25, 0.3) is 0 Å². The molecule has 1 aromatic carbocycles. The fraction of sp³-hybridized carbons (Fsp3) is 0.200. The van der Waals surface area contributed by atoms with Crippen LogP contribution in [0.4, 0.5) is 13.2 Å². The second-order valence-electron chi connectivity index (χ2n) is 4.36. The Morgan fingerprint density at radius 1 is 1.35 bits per heavy atom. The predicted molar refractivity (Wildman–Crippen MR) is 76.1 cm³/mol. The van der Waals surface area contributed by atoms with E-state index in [0.29, 0.717) is 10.4 Å². The van der Waals surface area contributed by atoms with E-state index in [-0.39, 0.29) is 17.9 Å². The van der Waals surface area contributed by atoms with Gasteiger partial charge in [-0.3, -0.25) is 0 Å². The van der Waals surface area contributed by atoms with Gasteiger partial charge in [0.1, 0.15) is 18.4 Å². The SMILES string of the molecule is COC(=O)c1ccsc1COc1ccc(C(F)(F)F)cc1C#N. The van der Waals surface area contributed by atoms with Gasteiger partial charge in [0.05, 0.1) is 28.7 Å². The lowest BCUT2D eigenvalue weighted by atomic mass is 10.1. The number of nitrogens with zero attached hydrogens (tertiary/aromatic N) is 1. The van der Waals surface area contributed by atoms with Crippen LogP contribution in [0.3, 0.4) is 0 Å². The van der Waals surface area contributed by atoms with E-state index in [4.69, 9.17) is 10.00 Å². The zero-order chi connectivity index (χ0) is 17.0. The number of esters is 1. The zero-order valence-corrected chi connectivity index (χ0v) is 12.6. The summed E-state index contributed by atoms with van der Waals surface area (Å²) in [6.07, 6.45) is -4.53. The van der Waals surface area contributed by atoms with Gasteiger partial charge in [-0.25, -0.2) is 4.79 Å². The number of hydrogen-bond donors (Lipinski definition) is 0. The zero-order valence-electron chi connectivity index (χ0n) is 11.8. The molecule has 0 amide bonds. The van der Waals surface area contributed by atoms with Crippen molar-refractivity contribution in [3.63, 3.8) is 0 Å². The fourth-order valence-electron chi connectivity index (χ4n) is 1.81. The van der Waals surface area contributed by atoms with Crippen LogP contribution in [-0.4, -0.2) is 13.1 Å². The van der Waals surface area contributed by atoms with Gasteiger partial charge in [-0.2, -0.15) is 18.4 Å². The van der Waals surface area contributed by atoms with E-state index in [1.165, 1.54) is 18.4 Å². The van der Waals surface area contributed by atoms with E-state index in [1.54, 1.807) is 17.5 Å². The fourth-order valence-corrected chi connectivity index (χ4v) is 2.58. The van der Waals surface area contributed by atoms with Crippen LogP contribution in [0.15, 0.2) is 29.6 Å². The lowest BCUT2D eigenvalue weighted by Crippen LogP contribution is -2.07. The summed E-state index contributed by atoms with van der Waals surface area (Å²) in [5, 5.41) is 10.6. The highest BCUT2D eigenvalue weighted by Crippen LogP contribution is 2.32. The van der Waals surface area contributed by atoms with Crippen molar-refractivity contribution < 1.29 is 27.4 Å². The molecular weight excluding hydrogens is 331 g/mol. The molecule has 0 bridgehead atoms.